The van der Waals surface area contributed by atoms with Gasteiger partial charge in [-0.05, 0) is 13.3 Å². The minimum atomic E-state index is -4.22. The van der Waals surface area contributed by atoms with Crippen molar-refractivity contribution in [1.82, 2.24) is 9.55 Å². The quantitative estimate of drug-likeness (QED) is 0.848. The minimum Gasteiger partial charge on any atom is -0.387 e. The van der Waals surface area contributed by atoms with Crippen LogP contribution in [0.15, 0.2) is 12.5 Å². The molecule has 1 aromatic rings. The van der Waals surface area contributed by atoms with Crippen LogP contribution >= 0.6 is 0 Å². The highest BCUT2D eigenvalue weighted by molar-refractivity contribution is 5.02. The molecule has 0 aliphatic rings. The normalized spacial score (nSPS) is 14.2. The second-order valence-corrected chi connectivity index (χ2v) is 3.27. The van der Waals surface area contributed by atoms with Gasteiger partial charge in [0.2, 0.25) is 0 Å². The van der Waals surface area contributed by atoms with Gasteiger partial charge in [0.05, 0.1) is 24.3 Å². The Hall–Kier alpha value is -1.04. The number of aliphatic hydroxyl groups excluding tert-OH is 1. The van der Waals surface area contributed by atoms with Crippen LogP contribution in [0.2, 0.25) is 0 Å². The van der Waals surface area contributed by atoms with E-state index in [9.17, 15) is 18.3 Å². The average Bonchev–Trinajstić information content (AvgIpc) is 2.60. The van der Waals surface area contributed by atoms with Gasteiger partial charge in [-0.25, -0.2) is 4.98 Å². The van der Waals surface area contributed by atoms with Crippen LogP contribution in [0.25, 0.3) is 0 Å². The first-order valence-electron chi connectivity index (χ1n) is 4.69. The molecule has 6 heteroatoms. The van der Waals surface area contributed by atoms with E-state index in [-0.39, 0.29) is 6.42 Å². The lowest BCUT2D eigenvalue weighted by molar-refractivity contribution is -0.140. The number of nitrogens with zero attached hydrogens (tertiary/aromatic N) is 2. The van der Waals surface area contributed by atoms with Crippen molar-refractivity contribution in [3.8, 4) is 0 Å². The lowest BCUT2D eigenvalue weighted by atomic mass is 10.1. The molecule has 1 unspecified atom stereocenters. The molecule has 86 valence electrons. The zero-order valence-electron chi connectivity index (χ0n) is 8.33. The molecular weight excluding hydrogens is 209 g/mol. The zero-order chi connectivity index (χ0) is 11.5. The van der Waals surface area contributed by atoms with Gasteiger partial charge in [-0.1, -0.05) is 0 Å². The van der Waals surface area contributed by atoms with Gasteiger partial charge in [0.25, 0.3) is 0 Å². The van der Waals surface area contributed by atoms with Gasteiger partial charge in [0, 0.05) is 13.0 Å². The molecule has 0 radical (unpaired) electrons. The summed E-state index contributed by atoms with van der Waals surface area (Å²) in [6.07, 6.45) is -3.75. The second kappa shape index (κ2) is 4.65. The molecule has 0 fully saturated rings. The Morgan fingerprint density at radius 3 is 2.73 bits per heavy atom. The third kappa shape index (κ3) is 3.54. The van der Waals surface area contributed by atoms with Crippen molar-refractivity contribution in [1.29, 1.82) is 0 Å². The number of aryl methyl sites for hydroxylation is 1. The molecule has 1 heterocycles. The first-order valence-corrected chi connectivity index (χ1v) is 4.69. The molecule has 0 aliphatic carbocycles. The van der Waals surface area contributed by atoms with E-state index in [0.717, 1.165) is 0 Å². The standard InChI is InChI=1S/C9H13F3N2O/c1-2-14-6-13-5-7(14)8(15)3-4-9(10,11)12/h5-6,8,15H,2-4H2,1H3. The average molecular weight is 222 g/mol. The molecule has 1 atom stereocenters. The molecule has 0 spiro atoms. The van der Waals surface area contributed by atoms with E-state index >= 15 is 0 Å². The van der Waals surface area contributed by atoms with Gasteiger partial charge in [0.15, 0.2) is 0 Å². The van der Waals surface area contributed by atoms with Crippen LogP contribution in [-0.4, -0.2) is 20.8 Å². The van der Waals surface area contributed by atoms with Gasteiger partial charge < -0.3 is 9.67 Å². The number of alkyl halides is 3. The summed E-state index contributed by atoms with van der Waals surface area (Å²) in [6, 6.07) is 0. The summed E-state index contributed by atoms with van der Waals surface area (Å²) in [4.78, 5) is 3.78. The summed E-state index contributed by atoms with van der Waals surface area (Å²) in [5, 5.41) is 9.52. The van der Waals surface area contributed by atoms with Crippen LogP contribution in [0, 0.1) is 0 Å². The predicted molar refractivity (Wildman–Crippen MR) is 48.1 cm³/mol. The predicted octanol–water partition coefficient (Wildman–Crippen LogP) is 2.28. The third-order valence-corrected chi connectivity index (χ3v) is 2.13. The maximum absolute atomic E-state index is 11.9. The Labute approximate surface area is 85.6 Å². The number of aromatic nitrogens is 2. The monoisotopic (exact) mass is 222 g/mol. The molecule has 0 aliphatic heterocycles. The van der Waals surface area contributed by atoms with E-state index in [0.29, 0.717) is 12.2 Å². The van der Waals surface area contributed by atoms with E-state index < -0.39 is 18.7 Å². The maximum atomic E-state index is 11.9. The Morgan fingerprint density at radius 2 is 2.20 bits per heavy atom. The van der Waals surface area contributed by atoms with Crippen molar-refractivity contribution < 1.29 is 18.3 Å². The summed E-state index contributed by atoms with van der Waals surface area (Å²) in [7, 11) is 0. The van der Waals surface area contributed by atoms with Crippen LogP contribution in [0.5, 0.6) is 0 Å². The molecule has 3 nitrogen and oxygen atoms in total. The fraction of sp³-hybridized carbons (Fsp3) is 0.667. The number of rotatable bonds is 4. The second-order valence-electron chi connectivity index (χ2n) is 3.27. The Morgan fingerprint density at radius 1 is 1.53 bits per heavy atom. The molecule has 0 amide bonds. The van der Waals surface area contributed by atoms with Crippen molar-refractivity contribution >= 4 is 0 Å². The highest BCUT2D eigenvalue weighted by Crippen LogP contribution is 2.27. The van der Waals surface area contributed by atoms with E-state index in [2.05, 4.69) is 4.98 Å². The van der Waals surface area contributed by atoms with Gasteiger partial charge in [-0.3, -0.25) is 0 Å². The molecule has 0 bridgehead atoms. The number of halogens is 3. The molecule has 15 heavy (non-hydrogen) atoms. The Kier molecular flexibility index (Phi) is 3.73. The van der Waals surface area contributed by atoms with Crippen molar-refractivity contribution in [3.63, 3.8) is 0 Å². The van der Waals surface area contributed by atoms with Crippen LogP contribution in [0.3, 0.4) is 0 Å². The molecule has 1 rings (SSSR count). The fourth-order valence-corrected chi connectivity index (χ4v) is 1.32. The number of imidazole rings is 1. The molecule has 0 saturated heterocycles. The van der Waals surface area contributed by atoms with E-state index in [1.807, 2.05) is 6.92 Å². The fourth-order valence-electron chi connectivity index (χ4n) is 1.32. The first kappa shape index (κ1) is 12.0. The largest absolute Gasteiger partial charge is 0.389 e. The highest BCUT2D eigenvalue weighted by atomic mass is 19.4. The SMILES string of the molecule is CCn1cncc1C(O)CCC(F)(F)F. The van der Waals surface area contributed by atoms with Crippen molar-refractivity contribution in [3.05, 3.63) is 18.2 Å². The topological polar surface area (TPSA) is 38.0 Å². The minimum absolute atomic E-state index is 0.324. The van der Waals surface area contributed by atoms with Crippen molar-refractivity contribution in [2.24, 2.45) is 0 Å². The number of hydrogen-bond acceptors (Lipinski definition) is 2. The summed E-state index contributed by atoms with van der Waals surface area (Å²) in [6.45, 7) is 2.42. The highest BCUT2D eigenvalue weighted by Gasteiger charge is 2.28. The third-order valence-electron chi connectivity index (χ3n) is 2.13. The Balaban J connectivity index is 2.57. The summed E-state index contributed by atoms with van der Waals surface area (Å²) < 4.78 is 37.3. The molecule has 1 N–H and O–H groups in total. The van der Waals surface area contributed by atoms with E-state index in [4.69, 9.17) is 0 Å². The summed E-state index contributed by atoms with van der Waals surface area (Å²) in [5.74, 6) is 0. The van der Waals surface area contributed by atoms with Gasteiger partial charge in [-0.15, -0.1) is 0 Å². The van der Waals surface area contributed by atoms with Gasteiger partial charge in [0.1, 0.15) is 0 Å². The molecule has 1 aromatic heterocycles. The van der Waals surface area contributed by atoms with Gasteiger partial charge in [-0.2, -0.15) is 13.2 Å². The maximum Gasteiger partial charge on any atom is 0.389 e. The zero-order valence-corrected chi connectivity index (χ0v) is 8.33. The summed E-state index contributed by atoms with van der Waals surface area (Å²) in [5.41, 5.74) is 0.432. The van der Waals surface area contributed by atoms with E-state index in [1.54, 1.807) is 4.57 Å². The van der Waals surface area contributed by atoms with Crippen molar-refractivity contribution in [2.45, 2.75) is 38.6 Å². The van der Waals surface area contributed by atoms with Crippen LogP contribution in [-0.2, 0) is 6.54 Å². The van der Waals surface area contributed by atoms with Gasteiger partial charge >= 0.3 is 6.18 Å². The van der Waals surface area contributed by atoms with Crippen LogP contribution < -0.4 is 0 Å². The molecular formula is C9H13F3N2O. The number of aliphatic hydroxyl groups is 1. The summed E-state index contributed by atoms with van der Waals surface area (Å²) >= 11 is 0. The van der Waals surface area contributed by atoms with Crippen LogP contribution in [0.4, 0.5) is 13.2 Å². The molecule has 0 saturated carbocycles. The lowest BCUT2D eigenvalue weighted by Crippen LogP contribution is -2.12. The Bertz CT molecular complexity index is 309. The lowest BCUT2D eigenvalue weighted by Gasteiger charge is -2.13. The smallest absolute Gasteiger partial charge is 0.387 e. The van der Waals surface area contributed by atoms with E-state index in [1.165, 1.54) is 12.5 Å². The first-order chi connectivity index (χ1) is 6.94. The van der Waals surface area contributed by atoms with Crippen molar-refractivity contribution in [2.75, 3.05) is 0 Å². The van der Waals surface area contributed by atoms with Crippen LogP contribution in [0.1, 0.15) is 31.6 Å². The molecule has 0 aromatic carbocycles. The number of hydrogen-bond donors (Lipinski definition) is 1.